The first-order valence-corrected chi connectivity index (χ1v) is 8.84. The lowest BCUT2D eigenvalue weighted by molar-refractivity contribution is 0.279. The summed E-state index contributed by atoms with van der Waals surface area (Å²) >= 11 is 0. The number of hydrogen-bond donors (Lipinski definition) is 1. The van der Waals surface area contributed by atoms with Gasteiger partial charge in [-0.3, -0.25) is 9.69 Å². The topological polar surface area (TPSA) is 79.2 Å². The normalized spacial score (nSPS) is 15.0. The third-order valence-corrected chi connectivity index (χ3v) is 4.98. The molecular formula is C20H21N3O3. The minimum absolute atomic E-state index is 0.0164. The average Bonchev–Trinajstić information content (AvgIpc) is 2.77. The summed E-state index contributed by atoms with van der Waals surface area (Å²) in [4.78, 5) is 33.4. The van der Waals surface area contributed by atoms with E-state index in [9.17, 15) is 9.59 Å². The summed E-state index contributed by atoms with van der Waals surface area (Å²) in [6, 6.07) is 7.53. The van der Waals surface area contributed by atoms with E-state index in [0.717, 1.165) is 53.8 Å². The van der Waals surface area contributed by atoms with E-state index in [-0.39, 0.29) is 11.2 Å². The number of aromatic amines is 1. The van der Waals surface area contributed by atoms with E-state index < -0.39 is 0 Å². The Kier molecular flexibility index (Phi) is 4.20. The summed E-state index contributed by atoms with van der Waals surface area (Å²) in [5.74, 6) is 0.669. The Hall–Kier alpha value is -2.73. The molecule has 0 atom stereocenters. The van der Waals surface area contributed by atoms with Crippen LogP contribution in [0.2, 0.25) is 0 Å². The van der Waals surface area contributed by atoms with Crippen LogP contribution in [-0.4, -0.2) is 28.0 Å². The van der Waals surface area contributed by atoms with Crippen LogP contribution in [0, 0.1) is 13.8 Å². The molecule has 4 rings (SSSR count). The van der Waals surface area contributed by atoms with Crippen molar-refractivity contribution in [2.24, 2.45) is 0 Å². The molecule has 6 heteroatoms. The zero-order chi connectivity index (χ0) is 18.3. The summed E-state index contributed by atoms with van der Waals surface area (Å²) < 4.78 is 5.35. The fraction of sp³-hybridized carbons (Fsp3) is 0.350. The number of aryl methyl sites for hydroxylation is 2. The molecule has 0 unspecified atom stereocenters. The molecule has 1 aliphatic heterocycles. The standard InChI is InChI=1S/C20H21N3O3/c1-12-9-19(24)26-18-10-14(3-4-15(12)18)11-23-7-5-16-17(6-8-23)21-13(2)22-20(16)25/h3-4,9-10H,5-8,11H2,1-2H3,(H,21,22,25). The first kappa shape index (κ1) is 16.7. The van der Waals surface area contributed by atoms with Gasteiger partial charge in [0.15, 0.2) is 0 Å². The number of nitrogens with zero attached hydrogens (tertiary/aromatic N) is 2. The van der Waals surface area contributed by atoms with Crippen molar-refractivity contribution in [3.05, 3.63) is 73.2 Å². The van der Waals surface area contributed by atoms with Crippen LogP contribution in [-0.2, 0) is 19.4 Å². The van der Waals surface area contributed by atoms with Gasteiger partial charge in [0.25, 0.3) is 5.56 Å². The Bertz CT molecular complexity index is 1100. The van der Waals surface area contributed by atoms with E-state index in [4.69, 9.17) is 4.42 Å². The number of nitrogens with one attached hydrogen (secondary N) is 1. The number of aromatic nitrogens is 2. The Morgan fingerprint density at radius 3 is 2.81 bits per heavy atom. The SMILES string of the molecule is Cc1nc2c(c(=O)[nH]1)CCN(Cc1ccc3c(C)cc(=O)oc3c1)CC2. The van der Waals surface area contributed by atoms with E-state index >= 15 is 0 Å². The number of hydrogen-bond acceptors (Lipinski definition) is 5. The lowest BCUT2D eigenvalue weighted by Crippen LogP contribution is -2.26. The second-order valence-corrected chi connectivity index (χ2v) is 6.93. The molecule has 0 saturated heterocycles. The monoisotopic (exact) mass is 351 g/mol. The molecule has 1 N–H and O–H groups in total. The van der Waals surface area contributed by atoms with Crippen molar-refractivity contribution < 1.29 is 4.42 Å². The van der Waals surface area contributed by atoms with Gasteiger partial charge < -0.3 is 9.40 Å². The zero-order valence-electron chi connectivity index (χ0n) is 15.0. The number of benzene rings is 1. The van der Waals surface area contributed by atoms with Crippen LogP contribution in [0.15, 0.2) is 38.3 Å². The minimum Gasteiger partial charge on any atom is -0.423 e. The molecule has 26 heavy (non-hydrogen) atoms. The summed E-state index contributed by atoms with van der Waals surface area (Å²) in [6.07, 6.45) is 1.46. The summed E-state index contributed by atoms with van der Waals surface area (Å²) in [7, 11) is 0. The van der Waals surface area contributed by atoms with Crippen LogP contribution in [0.3, 0.4) is 0 Å². The molecule has 1 aromatic carbocycles. The molecule has 0 spiro atoms. The Balaban J connectivity index is 1.57. The highest BCUT2D eigenvalue weighted by Gasteiger charge is 2.18. The third kappa shape index (κ3) is 3.20. The van der Waals surface area contributed by atoms with Gasteiger partial charge in [0, 0.05) is 43.1 Å². The van der Waals surface area contributed by atoms with Crippen molar-refractivity contribution in [2.45, 2.75) is 33.2 Å². The van der Waals surface area contributed by atoms with Gasteiger partial charge in [-0.15, -0.1) is 0 Å². The molecule has 1 aliphatic rings. The highest BCUT2D eigenvalue weighted by atomic mass is 16.4. The average molecular weight is 351 g/mol. The predicted molar refractivity (Wildman–Crippen MR) is 99.5 cm³/mol. The van der Waals surface area contributed by atoms with Gasteiger partial charge in [-0.1, -0.05) is 12.1 Å². The number of fused-ring (bicyclic) bond motifs is 2. The van der Waals surface area contributed by atoms with Crippen molar-refractivity contribution >= 4 is 11.0 Å². The van der Waals surface area contributed by atoms with Crippen molar-refractivity contribution in [1.82, 2.24) is 14.9 Å². The summed E-state index contributed by atoms with van der Waals surface area (Å²) in [5, 5.41) is 0.961. The molecule has 0 bridgehead atoms. The lowest BCUT2D eigenvalue weighted by atomic mass is 10.1. The molecule has 2 aromatic heterocycles. The molecule has 0 radical (unpaired) electrons. The molecule has 3 heterocycles. The van der Waals surface area contributed by atoms with Crippen LogP contribution in [0.1, 0.15) is 28.2 Å². The van der Waals surface area contributed by atoms with Crippen LogP contribution < -0.4 is 11.2 Å². The van der Waals surface area contributed by atoms with Crippen LogP contribution >= 0.6 is 0 Å². The first-order chi connectivity index (χ1) is 12.5. The fourth-order valence-corrected chi connectivity index (χ4v) is 3.66. The predicted octanol–water partition coefficient (Wildman–Crippen LogP) is 2.09. The maximum atomic E-state index is 12.2. The minimum atomic E-state index is -0.321. The van der Waals surface area contributed by atoms with Crippen LogP contribution in [0.5, 0.6) is 0 Å². The van der Waals surface area contributed by atoms with Crippen molar-refractivity contribution in [3.8, 4) is 0 Å². The Morgan fingerprint density at radius 2 is 1.96 bits per heavy atom. The van der Waals surface area contributed by atoms with E-state index in [2.05, 4.69) is 20.9 Å². The van der Waals surface area contributed by atoms with E-state index in [0.29, 0.717) is 17.8 Å². The molecule has 0 saturated carbocycles. The first-order valence-electron chi connectivity index (χ1n) is 8.84. The molecule has 0 fully saturated rings. The molecule has 134 valence electrons. The van der Waals surface area contributed by atoms with Gasteiger partial charge in [-0.05, 0) is 37.5 Å². The van der Waals surface area contributed by atoms with Crippen molar-refractivity contribution in [3.63, 3.8) is 0 Å². The largest absolute Gasteiger partial charge is 0.423 e. The molecule has 0 amide bonds. The van der Waals surface area contributed by atoms with Crippen molar-refractivity contribution in [2.75, 3.05) is 13.1 Å². The zero-order valence-corrected chi connectivity index (χ0v) is 15.0. The number of rotatable bonds is 2. The molecule has 0 aliphatic carbocycles. The van der Waals surface area contributed by atoms with Gasteiger partial charge >= 0.3 is 5.63 Å². The van der Waals surface area contributed by atoms with Gasteiger partial charge in [-0.25, -0.2) is 9.78 Å². The summed E-state index contributed by atoms with van der Waals surface area (Å²) in [6.45, 7) is 6.13. The Morgan fingerprint density at radius 1 is 1.15 bits per heavy atom. The lowest BCUT2D eigenvalue weighted by Gasteiger charge is -2.19. The fourth-order valence-electron chi connectivity index (χ4n) is 3.66. The van der Waals surface area contributed by atoms with E-state index in [1.54, 1.807) is 0 Å². The van der Waals surface area contributed by atoms with Gasteiger partial charge in [-0.2, -0.15) is 0 Å². The maximum Gasteiger partial charge on any atom is 0.336 e. The summed E-state index contributed by atoms with van der Waals surface area (Å²) in [5.41, 5.74) is 4.02. The molecule has 3 aromatic rings. The van der Waals surface area contributed by atoms with E-state index in [1.165, 1.54) is 6.07 Å². The van der Waals surface area contributed by atoms with Gasteiger partial charge in [0.05, 0.1) is 5.69 Å². The second-order valence-electron chi connectivity index (χ2n) is 6.93. The third-order valence-electron chi connectivity index (χ3n) is 4.98. The Labute approximate surface area is 150 Å². The quantitative estimate of drug-likeness (QED) is 0.715. The smallest absolute Gasteiger partial charge is 0.336 e. The van der Waals surface area contributed by atoms with Crippen LogP contribution in [0.4, 0.5) is 0 Å². The second kappa shape index (κ2) is 6.53. The number of H-pyrrole nitrogens is 1. The van der Waals surface area contributed by atoms with Gasteiger partial charge in [0.1, 0.15) is 11.4 Å². The van der Waals surface area contributed by atoms with Gasteiger partial charge in [0.2, 0.25) is 0 Å². The molecular weight excluding hydrogens is 330 g/mol. The highest BCUT2D eigenvalue weighted by Crippen LogP contribution is 2.20. The maximum absolute atomic E-state index is 12.2. The van der Waals surface area contributed by atoms with Crippen molar-refractivity contribution in [1.29, 1.82) is 0 Å². The highest BCUT2D eigenvalue weighted by molar-refractivity contribution is 5.80. The van der Waals surface area contributed by atoms with Crippen LogP contribution in [0.25, 0.3) is 11.0 Å². The van der Waals surface area contributed by atoms with E-state index in [1.807, 2.05) is 26.0 Å². The molecule has 6 nitrogen and oxygen atoms in total.